The number of benzene rings is 3. The fourth-order valence-electron chi connectivity index (χ4n) is 2.92. The highest BCUT2D eigenvalue weighted by molar-refractivity contribution is 7.79. The molecule has 0 fully saturated rings. The van der Waals surface area contributed by atoms with Crippen molar-refractivity contribution in [2.75, 3.05) is 0 Å². The van der Waals surface area contributed by atoms with Crippen LogP contribution in [0.15, 0.2) is 91.0 Å². The minimum atomic E-state index is -3.56. The molecular weight excluding hydrogens is 436 g/mol. The Bertz CT molecular complexity index is 933. The van der Waals surface area contributed by atoms with E-state index in [0.29, 0.717) is 16.2 Å². The molecule has 0 aromatic heterocycles. The third-order valence-corrected chi connectivity index (χ3v) is 8.74. The second kappa shape index (κ2) is 8.71. The molecule has 3 nitrogen and oxygen atoms in total. The van der Waals surface area contributed by atoms with Crippen molar-refractivity contribution < 1.29 is 9.36 Å². The van der Waals surface area contributed by atoms with Crippen molar-refractivity contribution in [3.8, 4) is 0 Å². The van der Waals surface area contributed by atoms with Crippen LogP contribution in [0.2, 0.25) is 0 Å². The molecule has 144 valence electrons. The van der Waals surface area contributed by atoms with Gasteiger partial charge in [-0.1, -0.05) is 114 Å². The quantitative estimate of drug-likeness (QED) is 0.431. The Morgan fingerprint density at radius 1 is 0.750 bits per heavy atom. The monoisotopic (exact) mass is 451 g/mol. The molecule has 3 rings (SSSR count). The van der Waals surface area contributed by atoms with Gasteiger partial charge in [0.15, 0.2) is 7.14 Å². The first-order valence-corrected chi connectivity index (χ1v) is 11.4. The molecule has 0 spiro atoms. The van der Waals surface area contributed by atoms with Gasteiger partial charge in [-0.15, -0.1) is 0 Å². The van der Waals surface area contributed by atoms with Gasteiger partial charge < -0.3 is 9.88 Å². The van der Waals surface area contributed by atoms with Gasteiger partial charge in [-0.2, -0.15) is 0 Å². The van der Waals surface area contributed by atoms with Gasteiger partial charge in [0.2, 0.25) is 3.79 Å². The second-order valence-electron chi connectivity index (χ2n) is 6.11. The number of carbonyl (C=O) groups excluding carboxylic acids is 1. The maximum absolute atomic E-state index is 14.5. The lowest BCUT2D eigenvalue weighted by atomic mass is 10.2. The van der Waals surface area contributed by atoms with E-state index in [1.165, 1.54) is 0 Å². The third-order valence-electron chi connectivity index (χ3n) is 4.26. The van der Waals surface area contributed by atoms with E-state index in [2.05, 4.69) is 5.32 Å². The Balaban J connectivity index is 2.14. The zero-order valence-corrected chi connectivity index (χ0v) is 17.8. The Morgan fingerprint density at radius 3 is 1.54 bits per heavy atom. The molecule has 1 amide bonds. The van der Waals surface area contributed by atoms with Gasteiger partial charge in [-0.05, 0) is 12.1 Å². The Labute approximate surface area is 179 Å². The summed E-state index contributed by atoms with van der Waals surface area (Å²) in [6.45, 7) is 0. The molecule has 28 heavy (non-hydrogen) atoms. The van der Waals surface area contributed by atoms with Crippen molar-refractivity contribution in [3.05, 3.63) is 96.6 Å². The first kappa shape index (κ1) is 21.0. The highest BCUT2D eigenvalue weighted by Crippen LogP contribution is 2.55. The molecule has 3 aromatic carbocycles. The van der Waals surface area contributed by atoms with Crippen molar-refractivity contribution in [2.45, 2.75) is 9.58 Å². The van der Waals surface area contributed by atoms with Crippen molar-refractivity contribution in [2.24, 2.45) is 0 Å². The standard InChI is InChI=1S/C21H17Cl3NO2P/c22-21(23,24)20(25-19(26)16-10-4-1-5-11-16)28(27,17-12-6-2-7-13-17)18-14-8-3-9-15-18/h1-15,20H,(H,25,26)/t20-/m0/s1. The number of amides is 1. The Kier molecular flexibility index (Phi) is 6.52. The van der Waals surface area contributed by atoms with Gasteiger partial charge in [-0.3, -0.25) is 4.79 Å². The fourth-order valence-corrected chi connectivity index (χ4v) is 7.16. The number of rotatable bonds is 5. The van der Waals surface area contributed by atoms with E-state index >= 15 is 0 Å². The number of alkyl halides is 3. The van der Waals surface area contributed by atoms with Gasteiger partial charge in [0, 0.05) is 16.2 Å². The predicted octanol–water partition coefficient (Wildman–Crippen LogP) is 5.13. The number of hydrogen-bond donors (Lipinski definition) is 1. The topological polar surface area (TPSA) is 46.2 Å². The lowest BCUT2D eigenvalue weighted by Gasteiger charge is -2.34. The smallest absolute Gasteiger partial charge is 0.252 e. The molecule has 3 aromatic rings. The molecular formula is C21H17Cl3NO2P. The van der Waals surface area contributed by atoms with Crippen molar-refractivity contribution >= 4 is 58.5 Å². The SMILES string of the molecule is O=C(N[C@H](C(Cl)(Cl)Cl)P(=O)(c1ccccc1)c1ccccc1)c1ccccc1. The van der Waals surface area contributed by atoms with Crippen LogP contribution < -0.4 is 15.9 Å². The summed E-state index contributed by atoms with van der Waals surface area (Å²) in [5.41, 5.74) is 0.384. The van der Waals surface area contributed by atoms with Crippen LogP contribution >= 0.6 is 41.9 Å². The number of carbonyl (C=O) groups is 1. The molecule has 0 radical (unpaired) electrons. The molecule has 0 aliphatic rings. The first-order valence-electron chi connectivity index (χ1n) is 8.47. The summed E-state index contributed by atoms with van der Waals surface area (Å²) in [4.78, 5) is 12.8. The minimum Gasteiger partial charge on any atom is -0.338 e. The van der Waals surface area contributed by atoms with Crippen LogP contribution in [0, 0.1) is 0 Å². The van der Waals surface area contributed by atoms with E-state index in [-0.39, 0.29) is 0 Å². The van der Waals surface area contributed by atoms with E-state index in [4.69, 9.17) is 34.8 Å². The maximum Gasteiger partial charge on any atom is 0.252 e. The fraction of sp³-hybridized carbons (Fsp3) is 0.0952. The molecule has 0 unspecified atom stereocenters. The van der Waals surface area contributed by atoms with E-state index in [0.717, 1.165) is 0 Å². The van der Waals surface area contributed by atoms with Gasteiger partial charge in [-0.25, -0.2) is 0 Å². The Morgan fingerprint density at radius 2 is 1.14 bits per heavy atom. The van der Waals surface area contributed by atoms with Crippen LogP contribution in [0.5, 0.6) is 0 Å². The minimum absolute atomic E-state index is 0.384. The van der Waals surface area contributed by atoms with Crippen LogP contribution in [-0.2, 0) is 4.57 Å². The number of halogens is 3. The average Bonchev–Trinajstić information content (AvgIpc) is 2.72. The maximum atomic E-state index is 14.5. The normalized spacial score (nSPS) is 13.0. The lowest BCUT2D eigenvalue weighted by Crippen LogP contribution is -2.47. The number of hydrogen-bond acceptors (Lipinski definition) is 2. The predicted molar refractivity (Wildman–Crippen MR) is 118 cm³/mol. The largest absolute Gasteiger partial charge is 0.338 e. The van der Waals surface area contributed by atoms with Crippen molar-refractivity contribution in [3.63, 3.8) is 0 Å². The highest BCUT2D eigenvalue weighted by atomic mass is 35.6. The van der Waals surface area contributed by atoms with Gasteiger partial charge in [0.05, 0.1) is 0 Å². The summed E-state index contributed by atoms with van der Waals surface area (Å²) in [5.74, 6) is -1.73. The summed E-state index contributed by atoms with van der Waals surface area (Å²) in [6.07, 6.45) is 0. The van der Waals surface area contributed by atoms with Gasteiger partial charge in [0.1, 0.15) is 5.78 Å². The van der Waals surface area contributed by atoms with E-state index in [1.54, 1.807) is 78.9 Å². The first-order chi connectivity index (χ1) is 13.3. The highest BCUT2D eigenvalue weighted by Gasteiger charge is 2.49. The summed E-state index contributed by atoms with van der Waals surface area (Å²) in [6, 6.07) is 26.1. The van der Waals surface area contributed by atoms with E-state index < -0.39 is 22.6 Å². The van der Waals surface area contributed by atoms with Gasteiger partial charge >= 0.3 is 0 Å². The van der Waals surface area contributed by atoms with E-state index in [9.17, 15) is 9.36 Å². The lowest BCUT2D eigenvalue weighted by molar-refractivity contribution is 0.0948. The van der Waals surface area contributed by atoms with Gasteiger partial charge in [0.25, 0.3) is 5.91 Å². The second-order valence-corrected chi connectivity index (χ2v) is 11.3. The van der Waals surface area contributed by atoms with Crippen LogP contribution in [0.25, 0.3) is 0 Å². The molecule has 1 N–H and O–H groups in total. The molecule has 0 aliphatic heterocycles. The zero-order chi connectivity index (χ0) is 20.2. The zero-order valence-electron chi connectivity index (χ0n) is 14.6. The van der Waals surface area contributed by atoms with Crippen LogP contribution in [-0.4, -0.2) is 15.5 Å². The summed E-state index contributed by atoms with van der Waals surface area (Å²) < 4.78 is 12.5. The molecule has 1 atom stereocenters. The molecule has 0 bridgehead atoms. The van der Waals surface area contributed by atoms with Crippen LogP contribution in [0.3, 0.4) is 0 Å². The number of nitrogens with one attached hydrogen (secondary N) is 1. The van der Waals surface area contributed by atoms with Crippen LogP contribution in [0.1, 0.15) is 10.4 Å². The Hall–Kier alpha value is -1.77. The molecule has 0 heterocycles. The average molecular weight is 453 g/mol. The molecule has 0 saturated carbocycles. The summed E-state index contributed by atoms with van der Waals surface area (Å²) >= 11 is 18.8. The molecule has 0 aliphatic carbocycles. The summed E-state index contributed by atoms with van der Waals surface area (Å²) in [7, 11) is -3.56. The van der Waals surface area contributed by atoms with Crippen molar-refractivity contribution in [1.82, 2.24) is 5.32 Å². The van der Waals surface area contributed by atoms with Crippen LogP contribution in [0.4, 0.5) is 0 Å². The van der Waals surface area contributed by atoms with E-state index in [1.807, 2.05) is 12.1 Å². The van der Waals surface area contributed by atoms with Crippen molar-refractivity contribution in [1.29, 1.82) is 0 Å². The summed E-state index contributed by atoms with van der Waals surface area (Å²) in [5, 5.41) is 3.70. The molecule has 0 saturated heterocycles. The third kappa shape index (κ3) is 4.45. The molecule has 7 heteroatoms.